The van der Waals surface area contributed by atoms with Crippen molar-refractivity contribution in [3.8, 4) is 11.5 Å². The van der Waals surface area contributed by atoms with Crippen molar-refractivity contribution in [3.63, 3.8) is 0 Å². The van der Waals surface area contributed by atoms with Crippen LogP contribution in [0.2, 0.25) is 0 Å². The number of nitrogens with two attached hydrogens (primary N) is 1. The summed E-state index contributed by atoms with van der Waals surface area (Å²) in [6.45, 7) is 4.04. The molecule has 6 heteroatoms. The van der Waals surface area contributed by atoms with Crippen LogP contribution in [0.15, 0.2) is 18.2 Å². The first-order valence-corrected chi connectivity index (χ1v) is 7.10. The highest BCUT2D eigenvalue weighted by Gasteiger charge is 2.17. The van der Waals surface area contributed by atoms with Gasteiger partial charge in [0.15, 0.2) is 11.5 Å². The van der Waals surface area contributed by atoms with Gasteiger partial charge >= 0.3 is 0 Å². The van der Waals surface area contributed by atoms with Crippen LogP contribution in [0.1, 0.15) is 11.6 Å². The van der Waals surface area contributed by atoms with E-state index in [1.54, 1.807) is 14.2 Å². The zero-order valence-electron chi connectivity index (χ0n) is 12.7. The van der Waals surface area contributed by atoms with Crippen molar-refractivity contribution >= 4 is 0 Å². The highest BCUT2D eigenvalue weighted by Crippen LogP contribution is 2.33. The Morgan fingerprint density at radius 3 is 2.48 bits per heavy atom. The smallest absolute Gasteiger partial charge is 0.231 e. The van der Waals surface area contributed by atoms with Gasteiger partial charge < -0.3 is 24.7 Å². The average molecular weight is 296 g/mol. The standard InChI is InChI=1S/C15H24N2O4/c1-18-7-5-17(6-8-19-2)10-13(16)12-3-4-14-15(9-12)21-11-20-14/h3-4,9,13H,5-8,10-11,16H2,1-2H3. The van der Waals surface area contributed by atoms with Gasteiger partial charge in [0.25, 0.3) is 0 Å². The summed E-state index contributed by atoms with van der Waals surface area (Å²) in [5, 5.41) is 0. The van der Waals surface area contributed by atoms with Crippen LogP contribution in [0.3, 0.4) is 0 Å². The van der Waals surface area contributed by atoms with Crippen molar-refractivity contribution in [2.75, 3.05) is 53.9 Å². The molecule has 1 unspecified atom stereocenters. The van der Waals surface area contributed by atoms with Crippen molar-refractivity contribution in [1.29, 1.82) is 0 Å². The predicted octanol–water partition coefficient (Wildman–Crippen LogP) is 1.01. The molecule has 118 valence electrons. The van der Waals surface area contributed by atoms with E-state index >= 15 is 0 Å². The molecule has 0 bridgehead atoms. The van der Waals surface area contributed by atoms with Gasteiger partial charge in [-0.25, -0.2) is 0 Å². The minimum absolute atomic E-state index is 0.0896. The third-order valence-electron chi connectivity index (χ3n) is 3.50. The summed E-state index contributed by atoms with van der Waals surface area (Å²) in [5.41, 5.74) is 7.35. The summed E-state index contributed by atoms with van der Waals surface area (Å²) in [7, 11) is 3.40. The molecule has 0 amide bonds. The van der Waals surface area contributed by atoms with Crippen molar-refractivity contribution < 1.29 is 18.9 Å². The molecule has 1 aliphatic heterocycles. The third kappa shape index (κ3) is 4.57. The van der Waals surface area contributed by atoms with Gasteiger partial charge in [0.05, 0.1) is 13.2 Å². The Morgan fingerprint density at radius 1 is 1.14 bits per heavy atom. The van der Waals surface area contributed by atoms with Gasteiger partial charge in [-0.15, -0.1) is 0 Å². The zero-order valence-corrected chi connectivity index (χ0v) is 12.7. The van der Waals surface area contributed by atoms with Crippen LogP contribution in [0.5, 0.6) is 11.5 Å². The summed E-state index contributed by atoms with van der Waals surface area (Å²) < 4.78 is 21.0. The molecular formula is C15H24N2O4. The maximum atomic E-state index is 6.31. The molecule has 0 radical (unpaired) electrons. The van der Waals surface area contributed by atoms with Gasteiger partial charge in [-0.05, 0) is 17.7 Å². The Labute approximate surface area is 125 Å². The first-order chi connectivity index (χ1) is 10.2. The second kappa shape index (κ2) is 8.19. The number of fused-ring (bicyclic) bond motifs is 1. The first kappa shape index (κ1) is 16.0. The molecule has 1 atom stereocenters. The summed E-state index contributed by atoms with van der Waals surface area (Å²) in [6, 6.07) is 5.76. The molecule has 1 aromatic carbocycles. The summed E-state index contributed by atoms with van der Waals surface area (Å²) >= 11 is 0. The van der Waals surface area contributed by atoms with Crippen molar-refractivity contribution in [2.24, 2.45) is 5.73 Å². The van der Waals surface area contributed by atoms with E-state index in [0.29, 0.717) is 13.2 Å². The summed E-state index contributed by atoms with van der Waals surface area (Å²) in [4.78, 5) is 2.24. The number of rotatable bonds is 9. The molecule has 0 saturated heterocycles. The highest BCUT2D eigenvalue weighted by atomic mass is 16.7. The lowest BCUT2D eigenvalue weighted by molar-refractivity contribution is 0.110. The maximum Gasteiger partial charge on any atom is 0.231 e. The van der Waals surface area contributed by atoms with Gasteiger partial charge in [-0.2, -0.15) is 0 Å². The van der Waals surface area contributed by atoms with Crippen LogP contribution in [0.4, 0.5) is 0 Å². The van der Waals surface area contributed by atoms with Gasteiger partial charge in [0, 0.05) is 39.9 Å². The molecule has 1 heterocycles. The molecule has 0 spiro atoms. The van der Waals surface area contributed by atoms with Gasteiger partial charge in [0.1, 0.15) is 0 Å². The average Bonchev–Trinajstić information content (AvgIpc) is 2.97. The molecule has 0 aliphatic carbocycles. The van der Waals surface area contributed by atoms with E-state index in [-0.39, 0.29) is 12.8 Å². The fourth-order valence-corrected chi connectivity index (χ4v) is 2.26. The SMILES string of the molecule is COCCN(CCOC)CC(N)c1ccc2c(c1)OCO2. The molecule has 1 aliphatic rings. The Hall–Kier alpha value is -1.34. The number of methoxy groups -OCH3 is 2. The first-order valence-electron chi connectivity index (χ1n) is 7.10. The van der Waals surface area contributed by atoms with E-state index in [1.165, 1.54) is 0 Å². The number of ether oxygens (including phenoxy) is 4. The largest absolute Gasteiger partial charge is 0.454 e. The second-order valence-corrected chi connectivity index (χ2v) is 5.01. The van der Waals surface area contributed by atoms with E-state index in [4.69, 9.17) is 24.7 Å². The topological polar surface area (TPSA) is 66.2 Å². The monoisotopic (exact) mass is 296 g/mol. The zero-order chi connectivity index (χ0) is 15.1. The van der Waals surface area contributed by atoms with E-state index < -0.39 is 0 Å². The molecule has 21 heavy (non-hydrogen) atoms. The lowest BCUT2D eigenvalue weighted by atomic mass is 10.1. The quantitative estimate of drug-likeness (QED) is 0.733. The van der Waals surface area contributed by atoms with Crippen LogP contribution in [0, 0.1) is 0 Å². The molecule has 2 N–H and O–H groups in total. The molecule has 0 fully saturated rings. The predicted molar refractivity (Wildman–Crippen MR) is 79.7 cm³/mol. The van der Waals surface area contributed by atoms with Gasteiger partial charge in [-0.1, -0.05) is 6.07 Å². The minimum atomic E-state index is -0.0896. The van der Waals surface area contributed by atoms with Crippen molar-refractivity contribution in [1.82, 2.24) is 4.90 Å². The molecule has 6 nitrogen and oxygen atoms in total. The minimum Gasteiger partial charge on any atom is -0.454 e. The van der Waals surface area contributed by atoms with Gasteiger partial charge in [-0.3, -0.25) is 4.90 Å². The molecule has 0 aromatic heterocycles. The van der Waals surface area contributed by atoms with Gasteiger partial charge in [0.2, 0.25) is 6.79 Å². The number of hydrogen-bond donors (Lipinski definition) is 1. The van der Waals surface area contributed by atoms with Crippen LogP contribution in [-0.4, -0.2) is 58.8 Å². The highest BCUT2D eigenvalue weighted by molar-refractivity contribution is 5.45. The molecule has 0 saturated carbocycles. The van der Waals surface area contributed by atoms with Crippen molar-refractivity contribution in [3.05, 3.63) is 23.8 Å². The lowest BCUT2D eigenvalue weighted by Crippen LogP contribution is -2.36. The second-order valence-electron chi connectivity index (χ2n) is 5.01. The summed E-state index contributed by atoms with van der Waals surface area (Å²) in [6.07, 6.45) is 0. The Morgan fingerprint density at radius 2 is 1.81 bits per heavy atom. The normalized spacial score (nSPS) is 14.7. The Balaban J connectivity index is 1.95. The van der Waals surface area contributed by atoms with E-state index in [1.807, 2.05) is 18.2 Å². The molecule has 2 rings (SSSR count). The van der Waals surface area contributed by atoms with E-state index in [9.17, 15) is 0 Å². The van der Waals surface area contributed by atoms with Crippen LogP contribution >= 0.6 is 0 Å². The van der Waals surface area contributed by atoms with Crippen LogP contribution < -0.4 is 15.2 Å². The van der Waals surface area contributed by atoms with Crippen LogP contribution in [-0.2, 0) is 9.47 Å². The summed E-state index contributed by atoms with van der Waals surface area (Å²) in [5.74, 6) is 1.55. The van der Waals surface area contributed by atoms with E-state index in [0.717, 1.165) is 36.7 Å². The van der Waals surface area contributed by atoms with E-state index in [2.05, 4.69) is 4.90 Å². The Kier molecular flexibility index (Phi) is 6.25. The number of hydrogen-bond acceptors (Lipinski definition) is 6. The fraction of sp³-hybridized carbons (Fsp3) is 0.600. The fourth-order valence-electron chi connectivity index (χ4n) is 2.26. The Bertz CT molecular complexity index is 434. The molecule has 1 aromatic rings. The number of benzene rings is 1. The molecular weight excluding hydrogens is 272 g/mol. The third-order valence-corrected chi connectivity index (χ3v) is 3.50. The van der Waals surface area contributed by atoms with Crippen molar-refractivity contribution in [2.45, 2.75) is 6.04 Å². The number of nitrogens with zero attached hydrogens (tertiary/aromatic N) is 1. The van der Waals surface area contributed by atoms with Crippen LogP contribution in [0.25, 0.3) is 0 Å². The maximum absolute atomic E-state index is 6.31. The lowest BCUT2D eigenvalue weighted by Gasteiger charge is -2.25.